The number of aryl methyl sites for hydroxylation is 2. The van der Waals surface area contributed by atoms with E-state index in [1.165, 1.54) is 0 Å². The number of pyridine rings is 1. The molecule has 0 radical (unpaired) electrons. The highest BCUT2D eigenvalue weighted by molar-refractivity contribution is 7.91. The van der Waals surface area contributed by atoms with Gasteiger partial charge in [-0.05, 0) is 38.3 Å². The molecule has 0 aliphatic carbocycles. The number of rotatable bonds is 2. The van der Waals surface area contributed by atoms with Crippen molar-refractivity contribution in [1.82, 2.24) is 4.98 Å². The maximum Gasteiger partial charge on any atom is 0.150 e. The molecule has 1 aliphatic heterocycles. The molecule has 5 nitrogen and oxygen atoms in total. The number of sulfone groups is 1. The molecule has 102 valence electrons. The minimum absolute atomic E-state index is 0.0734. The van der Waals surface area contributed by atoms with Crippen molar-refractivity contribution in [3.8, 4) is 6.07 Å². The maximum absolute atomic E-state index is 11.4. The summed E-state index contributed by atoms with van der Waals surface area (Å²) in [5, 5.41) is 12.4. The lowest BCUT2D eigenvalue weighted by atomic mass is 10.1. The Balaban J connectivity index is 2.19. The van der Waals surface area contributed by atoms with Crippen LogP contribution in [0.1, 0.15) is 29.7 Å². The Hall–Kier alpha value is -1.61. The van der Waals surface area contributed by atoms with Gasteiger partial charge in [-0.3, -0.25) is 0 Å². The minimum Gasteiger partial charge on any atom is -0.366 e. The maximum atomic E-state index is 11.4. The Kier molecular flexibility index (Phi) is 3.76. The van der Waals surface area contributed by atoms with Crippen LogP contribution in [0.2, 0.25) is 0 Å². The summed E-state index contributed by atoms with van der Waals surface area (Å²) in [7, 11) is -2.87. The van der Waals surface area contributed by atoms with Crippen LogP contribution in [0.25, 0.3) is 0 Å². The highest BCUT2D eigenvalue weighted by Gasteiger charge is 2.24. The van der Waals surface area contributed by atoms with Gasteiger partial charge in [0.15, 0.2) is 0 Å². The monoisotopic (exact) mass is 279 g/mol. The molecule has 1 saturated heterocycles. The van der Waals surface area contributed by atoms with Gasteiger partial charge in [-0.25, -0.2) is 13.4 Å². The molecule has 0 unspecified atom stereocenters. The predicted molar refractivity (Wildman–Crippen MR) is 73.7 cm³/mol. The molecule has 2 rings (SSSR count). The number of hydrogen-bond acceptors (Lipinski definition) is 5. The average Bonchev–Trinajstić information content (AvgIpc) is 2.31. The fourth-order valence-electron chi connectivity index (χ4n) is 2.31. The number of nitriles is 1. The molecule has 2 heterocycles. The van der Waals surface area contributed by atoms with Crippen molar-refractivity contribution in [2.45, 2.75) is 32.7 Å². The first kappa shape index (κ1) is 13.8. The smallest absolute Gasteiger partial charge is 0.150 e. The van der Waals surface area contributed by atoms with E-state index in [4.69, 9.17) is 0 Å². The van der Waals surface area contributed by atoms with E-state index < -0.39 is 9.84 Å². The highest BCUT2D eigenvalue weighted by Crippen LogP contribution is 2.22. The van der Waals surface area contributed by atoms with Crippen LogP contribution in [0.4, 0.5) is 5.82 Å². The SMILES string of the molecule is Cc1cc(C)c(C#N)c(NC2CCS(=O)(=O)CC2)n1. The molecule has 1 aromatic heterocycles. The summed E-state index contributed by atoms with van der Waals surface area (Å²) in [5.41, 5.74) is 2.28. The molecule has 1 aromatic rings. The third-order valence-corrected chi connectivity index (χ3v) is 5.07. The van der Waals surface area contributed by atoms with Crippen molar-refractivity contribution in [1.29, 1.82) is 5.26 Å². The van der Waals surface area contributed by atoms with E-state index in [1.807, 2.05) is 19.9 Å². The molecule has 19 heavy (non-hydrogen) atoms. The Bertz CT molecular complexity index is 618. The van der Waals surface area contributed by atoms with E-state index in [1.54, 1.807) is 0 Å². The van der Waals surface area contributed by atoms with Gasteiger partial charge in [0.05, 0.1) is 17.1 Å². The summed E-state index contributed by atoms with van der Waals surface area (Å²) in [6.45, 7) is 3.76. The fraction of sp³-hybridized carbons (Fsp3) is 0.538. The lowest BCUT2D eigenvalue weighted by Crippen LogP contribution is -2.32. The van der Waals surface area contributed by atoms with Crippen molar-refractivity contribution in [2.75, 3.05) is 16.8 Å². The quantitative estimate of drug-likeness (QED) is 0.888. The lowest BCUT2D eigenvalue weighted by molar-refractivity contribution is 0.559. The molecule has 0 atom stereocenters. The van der Waals surface area contributed by atoms with Gasteiger partial charge in [0.25, 0.3) is 0 Å². The minimum atomic E-state index is -2.87. The van der Waals surface area contributed by atoms with Gasteiger partial charge >= 0.3 is 0 Å². The Labute approximate surface area is 113 Å². The molecule has 1 fully saturated rings. The van der Waals surface area contributed by atoms with Crippen LogP contribution in [0.15, 0.2) is 6.07 Å². The summed E-state index contributed by atoms with van der Waals surface area (Å²) in [6, 6.07) is 4.10. The molecule has 0 bridgehead atoms. The van der Waals surface area contributed by atoms with Gasteiger partial charge in [0, 0.05) is 11.7 Å². The summed E-state index contributed by atoms with van der Waals surface area (Å²) >= 11 is 0. The molecular formula is C13H17N3O2S. The third-order valence-electron chi connectivity index (χ3n) is 3.35. The van der Waals surface area contributed by atoms with E-state index in [2.05, 4.69) is 16.4 Å². The second-order valence-corrected chi connectivity index (χ2v) is 7.29. The van der Waals surface area contributed by atoms with Gasteiger partial charge in [-0.2, -0.15) is 5.26 Å². The first-order valence-electron chi connectivity index (χ1n) is 6.26. The van der Waals surface area contributed by atoms with Gasteiger partial charge in [-0.1, -0.05) is 0 Å². The lowest BCUT2D eigenvalue weighted by Gasteiger charge is -2.24. The first-order chi connectivity index (χ1) is 8.91. The zero-order valence-corrected chi connectivity index (χ0v) is 11.9. The molecule has 0 aromatic carbocycles. The van der Waals surface area contributed by atoms with E-state index in [0.29, 0.717) is 24.2 Å². The molecule has 0 saturated carbocycles. The summed E-state index contributed by atoms with van der Waals surface area (Å²) < 4.78 is 22.8. The number of aromatic nitrogens is 1. The summed E-state index contributed by atoms with van der Waals surface area (Å²) in [5.74, 6) is 0.985. The first-order valence-corrected chi connectivity index (χ1v) is 8.09. The molecule has 1 aliphatic rings. The van der Waals surface area contributed by atoms with E-state index in [0.717, 1.165) is 11.3 Å². The fourth-order valence-corrected chi connectivity index (χ4v) is 3.80. The van der Waals surface area contributed by atoms with Crippen LogP contribution in [0, 0.1) is 25.2 Å². The van der Waals surface area contributed by atoms with Crippen LogP contribution in [-0.4, -0.2) is 30.9 Å². The molecule has 0 amide bonds. The van der Waals surface area contributed by atoms with Crippen LogP contribution >= 0.6 is 0 Å². The highest BCUT2D eigenvalue weighted by atomic mass is 32.2. The average molecular weight is 279 g/mol. The predicted octanol–water partition coefficient (Wildman–Crippen LogP) is 1.56. The molecule has 0 spiro atoms. The van der Waals surface area contributed by atoms with Crippen molar-refractivity contribution in [3.05, 3.63) is 22.9 Å². The molecular weight excluding hydrogens is 262 g/mol. The van der Waals surface area contributed by atoms with E-state index >= 15 is 0 Å². The summed E-state index contributed by atoms with van der Waals surface area (Å²) in [4.78, 5) is 4.35. The topological polar surface area (TPSA) is 82.9 Å². The second kappa shape index (κ2) is 5.17. The van der Waals surface area contributed by atoms with Gasteiger partial charge in [0.1, 0.15) is 21.7 Å². The Morgan fingerprint density at radius 2 is 2.00 bits per heavy atom. The number of hydrogen-bond donors (Lipinski definition) is 1. The number of nitrogens with zero attached hydrogens (tertiary/aromatic N) is 2. The third kappa shape index (κ3) is 3.24. The van der Waals surface area contributed by atoms with Crippen LogP contribution in [-0.2, 0) is 9.84 Å². The van der Waals surface area contributed by atoms with Crippen LogP contribution in [0.3, 0.4) is 0 Å². The van der Waals surface area contributed by atoms with E-state index in [-0.39, 0.29) is 17.5 Å². The van der Waals surface area contributed by atoms with Crippen molar-refractivity contribution < 1.29 is 8.42 Å². The standard InChI is InChI=1S/C13H17N3O2S/c1-9-7-10(2)15-13(12(9)8-14)16-11-3-5-19(17,18)6-4-11/h7,11H,3-6H2,1-2H3,(H,15,16). The molecule has 1 N–H and O–H groups in total. The largest absolute Gasteiger partial charge is 0.366 e. The van der Waals surface area contributed by atoms with Crippen molar-refractivity contribution in [3.63, 3.8) is 0 Å². The zero-order chi connectivity index (χ0) is 14.0. The van der Waals surface area contributed by atoms with Crippen LogP contribution < -0.4 is 5.32 Å². The van der Waals surface area contributed by atoms with E-state index in [9.17, 15) is 13.7 Å². The second-order valence-electron chi connectivity index (χ2n) is 4.99. The number of nitrogens with one attached hydrogen (secondary N) is 1. The van der Waals surface area contributed by atoms with Crippen LogP contribution in [0.5, 0.6) is 0 Å². The Morgan fingerprint density at radius 1 is 1.37 bits per heavy atom. The molecule has 6 heteroatoms. The summed E-state index contributed by atoms with van der Waals surface area (Å²) in [6.07, 6.45) is 1.14. The normalized spacial score (nSPS) is 18.8. The van der Waals surface area contributed by atoms with Crippen molar-refractivity contribution >= 4 is 15.7 Å². The van der Waals surface area contributed by atoms with Crippen molar-refractivity contribution in [2.24, 2.45) is 0 Å². The van der Waals surface area contributed by atoms with Gasteiger partial charge in [0.2, 0.25) is 0 Å². The van der Waals surface area contributed by atoms with Gasteiger partial charge < -0.3 is 5.32 Å². The number of anilines is 1. The Morgan fingerprint density at radius 3 is 2.58 bits per heavy atom. The zero-order valence-electron chi connectivity index (χ0n) is 11.1. The van der Waals surface area contributed by atoms with Gasteiger partial charge in [-0.15, -0.1) is 0 Å².